The zero-order chi connectivity index (χ0) is 9.40. The molecule has 0 bridgehead atoms. The van der Waals surface area contributed by atoms with Crippen molar-refractivity contribution in [3.63, 3.8) is 0 Å². The van der Waals surface area contributed by atoms with Crippen molar-refractivity contribution in [2.75, 3.05) is 20.3 Å². The highest BCUT2D eigenvalue weighted by atomic mass is 16.6. The summed E-state index contributed by atoms with van der Waals surface area (Å²) in [5, 5.41) is 0. The van der Waals surface area contributed by atoms with Crippen LogP contribution in [0.15, 0.2) is 12.2 Å². The van der Waals surface area contributed by atoms with Gasteiger partial charge in [-0.05, 0) is 13.3 Å². The zero-order valence-electron chi connectivity index (χ0n) is 7.55. The van der Waals surface area contributed by atoms with Crippen molar-refractivity contribution >= 4 is 5.97 Å². The van der Waals surface area contributed by atoms with Gasteiger partial charge in [0.05, 0.1) is 13.7 Å². The summed E-state index contributed by atoms with van der Waals surface area (Å²) in [5.74, 6) is -0.340. The normalized spacial score (nSPS) is 9.50. The molecule has 0 saturated carbocycles. The Balaban J connectivity index is 3.20. The summed E-state index contributed by atoms with van der Waals surface area (Å²) in [6, 6.07) is 0. The van der Waals surface area contributed by atoms with Crippen molar-refractivity contribution in [2.45, 2.75) is 13.3 Å². The monoisotopic (exact) mass is 173 g/mol. The number of hydroxylamine groups is 1. The summed E-state index contributed by atoms with van der Waals surface area (Å²) >= 11 is 0. The van der Waals surface area contributed by atoms with Gasteiger partial charge in [-0.2, -0.15) is 0 Å². The maximum Gasteiger partial charge on any atom is 0.333 e. The van der Waals surface area contributed by atoms with E-state index in [0.29, 0.717) is 18.7 Å². The van der Waals surface area contributed by atoms with Gasteiger partial charge in [0.25, 0.3) is 0 Å². The molecule has 4 heteroatoms. The van der Waals surface area contributed by atoms with Crippen LogP contribution in [0, 0.1) is 0 Å². The Labute approximate surface area is 72.5 Å². The molecule has 0 fully saturated rings. The van der Waals surface area contributed by atoms with Gasteiger partial charge in [-0.25, -0.2) is 10.3 Å². The van der Waals surface area contributed by atoms with Gasteiger partial charge in [-0.1, -0.05) is 6.58 Å². The van der Waals surface area contributed by atoms with Crippen molar-refractivity contribution in [3.8, 4) is 0 Å². The molecule has 0 amide bonds. The van der Waals surface area contributed by atoms with E-state index >= 15 is 0 Å². The van der Waals surface area contributed by atoms with E-state index in [4.69, 9.17) is 4.74 Å². The predicted octanol–water partition coefficient (Wildman–Crippen LogP) is 0.647. The molecule has 0 rings (SSSR count). The minimum Gasteiger partial charge on any atom is -0.462 e. The van der Waals surface area contributed by atoms with Crippen LogP contribution in [0.4, 0.5) is 0 Å². The largest absolute Gasteiger partial charge is 0.462 e. The standard InChI is InChI=1S/C8H15NO3/c1-7(2)8(10)12-6-4-5-9-11-3/h9H,1,4-6H2,2-3H3. The molecule has 4 nitrogen and oxygen atoms in total. The van der Waals surface area contributed by atoms with Gasteiger partial charge in [0.2, 0.25) is 0 Å². The van der Waals surface area contributed by atoms with Crippen LogP contribution in [0.1, 0.15) is 13.3 Å². The lowest BCUT2D eigenvalue weighted by atomic mass is 10.4. The van der Waals surface area contributed by atoms with E-state index in [1.807, 2.05) is 0 Å². The molecule has 0 aliphatic rings. The number of ether oxygens (including phenoxy) is 1. The Hall–Kier alpha value is -0.870. The molecule has 1 N–H and O–H groups in total. The first-order valence-corrected chi connectivity index (χ1v) is 3.77. The van der Waals surface area contributed by atoms with Crippen molar-refractivity contribution in [2.24, 2.45) is 0 Å². The molecule has 0 spiro atoms. The number of hydrogen-bond donors (Lipinski definition) is 1. The molecule has 0 aromatic rings. The summed E-state index contributed by atoms with van der Waals surface area (Å²) < 4.78 is 4.82. The first-order chi connectivity index (χ1) is 5.68. The SMILES string of the molecule is C=C(C)C(=O)OCCCNOC. The minimum atomic E-state index is -0.340. The summed E-state index contributed by atoms with van der Waals surface area (Å²) in [5.41, 5.74) is 3.06. The van der Waals surface area contributed by atoms with Crippen molar-refractivity contribution in [1.29, 1.82) is 0 Å². The summed E-state index contributed by atoms with van der Waals surface area (Å²) in [7, 11) is 1.54. The highest BCUT2D eigenvalue weighted by Gasteiger charge is 2.00. The van der Waals surface area contributed by atoms with Crippen LogP contribution >= 0.6 is 0 Å². The smallest absolute Gasteiger partial charge is 0.333 e. The third-order valence-electron chi connectivity index (χ3n) is 1.15. The minimum absolute atomic E-state index is 0.340. The second-order valence-corrected chi connectivity index (χ2v) is 2.37. The lowest BCUT2D eigenvalue weighted by Crippen LogP contribution is -2.16. The van der Waals surface area contributed by atoms with Gasteiger partial charge >= 0.3 is 5.97 Å². The van der Waals surface area contributed by atoms with Gasteiger partial charge in [0, 0.05) is 12.1 Å². The van der Waals surface area contributed by atoms with E-state index in [2.05, 4.69) is 16.9 Å². The molecule has 0 unspecified atom stereocenters. The van der Waals surface area contributed by atoms with E-state index in [-0.39, 0.29) is 5.97 Å². The number of rotatable bonds is 6. The molecule has 70 valence electrons. The van der Waals surface area contributed by atoms with E-state index in [1.165, 1.54) is 0 Å². The average molecular weight is 173 g/mol. The first kappa shape index (κ1) is 11.1. The first-order valence-electron chi connectivity index (χ1n) is 3.77. The van der Waals surface area contributed by atoms with Crippen molar-refractivity contribution in [1.82, 2.24) is 5.48 Å². The van der Waals surface area contributed by atoms with Crippen molar-refractivity contribution in [3.05, 3.63) is 12.2 Å². The Kier molecular flexibility index (Phi) is 6.32. The van der Waals surface area contributed by atoms with E-state index in [9.17, 15) is 4.79 Å². The molecule has 0 aromatic carbocycles. The quantitative estimate of drug-likeness (QED) is 0.277. The number of carbonyl (C=O) groups is 1. The Morgan fingerprint density at radius 3 is 2.75 bits per heavy atom. The maximum atomic E-state index is 10.8. The van der Waals surface area contributed by atoms with Gasteiger partial charge in [-0.3, -0.25) is 0 Å². The topological polar surface area (TPSA) is 47.6 Å². The predicted molar refractivity (Wildman–Crippen MR) is 45.4 cm³/mol. The fourth-order valence-corrected chi connectivity index (χ4v) is 0.534. The third-order valence-corrected chi connectivity index (χ3v) is 1.15. The molecule has 0 atom stereocenters. The summed E-state index contributed by atoms with van der Waals surface area (Å²) in [6.07, 6.45) is 0.729. The van der Waals surface area contributed by atoms with Crippen LogP contribution in [-0.4, -0.2) is 26.2 Å². The number of carbonyl (C=O) groups excluding carboxylic acids is 1. The number of hydrogen-bond acceptors (Lipinski definition) is 4. The van der Waals surface area contributed by atoms with Crippen molar-refractivity contribution < 1.29 is 14.4 Å². The fraction of sp³-hybridized carbons (Fsp3) is 0.625. The Morgan fingerprint density at radius 2 is 2.25 bits per heavy atom. The average Bonchev–Trinajstić information content (AvgIpc) is 2.03. The summed E-state index contributed by atoms with van der Waals surface area (Å²) in [4.78, 5) is 15.4. The molecule has 0 saturated heterocycles. The second-order valence-electron chi connectivity index (χ2n) is 2.37. The van der Waals surface area contributed by atoms with Crippen LogP contribution in [0.5, 0.6) is 0 Å². The molecule has 0 aliphatic heterocycles. The Morgan fingerprint density at radius 1 is 1.58 bits per heavy atom. The second kappa shape index (κ2) is 6.82. The lowest BCUT2D eigenvalue weighted by Gasteiger charge is -2.03. The van der Waals surface area contributed by atoms with Crippen LogP contribution in [0.2, 0.25) is 0 Å². The fourth-order valence-electron chi connectivity index (χ4n) is 0.534. The van der Waals surface area contributed by atoms with Gasteiger partial charge in [0.15, 0.2) is 0 Å². The third kappa shape index (κ3) is 5.88. The van der Waals surface area contributed by atoms with Crippen LogP contribution in [0.3, 0.4) is 0 Å². The highest BCUT2D eigenvalue weighted by Crippen LogP contribution is 1.92. The van der Waals surface area contributed by atoms with Crippen LogP contribution in [0.25, 0.3) is 0 Å². The number of esters is 1. The Bertz CT molecular complexity index is 156. The van der Waals surface area contributed by atoms with E-state index in [1.54, 1.807) is 14.0 Å². The summed E-state index contributed by atoms with van der Waals surface area (Å²) in [6.45, 7) is 6.13. The van der Waals surface area contributed by atoms with E-state index < -0.39 is 0 Å². The molecular weight excluding hydrogens is 158 g/mol. The van der Waals surface area contributed by atoms with Gasteiger partial charge < -0.3 is 9.57 Å². The van der Waals surface area contributed by atoms with Gasteiger partial charge in [0.1, 0.15) is 0 Å². The zero-order valence-corrected chi connectivity index (χ0v) is 7.55. The molecule has 0 heterocycles. The number of nitrogens with one attached hydrogen (secondary N) is 1. The molecule has 0 aliphatic carbocycles. The molecular formula is C8H15NO3. The van der Waals surface area contributed by atoms with Crippen LogP contribution in [-0.2, 0) is 14.4 Å². The van der Waals surface area contributed by atoms with Gasteiger partial charge in [-0.15, -0.1) is 0 Å². The molecule has 0 radical (unpaired) electrons. The molecule has 0 aromatic heterocycles. The lowest BCUT2D eigenvalue weighted by molar-refractivity contribution is -0.139. The molecule has 12 heavy (non-hydrogen) atoms. The van der Waals surface area contributed by atoms with E-state index in [0.717, 1.165) is 6.42 Å². The maximum absolute atomic E-state index is 10.8. The van der Waals surface area contributed by atoms with Crippen LogP contribution < -0.4 is 5.48 Å². The highest BCUT2D eigenvalue weighted by molar-refractivity contribution is 5.86.